The van der Waals surface area contributed by atoms with E-state index in [9.17, 15) is 30.0 Å². The maximum atomic E-state index is 12.7. The molecule has 0 bridgehead atoms. The van der Waals surface area contributed by atoms with Crippen molar-refractivity contribution in [1.29, 1.82) is 0 Å². The van der Waals surface area contributed by atoms with Crippen LogP contribution in [0, 0.1) is 0 Å². The average Bonchev–Trinajstić information content (AvgIpc) is 3.22. The molecule has 0 aliphatic carbocycles. The number of carbonyl (C=O) groups is 2. The minimum absolute atomic E-state index is 0.215. The van der Waals surface area contributed by atoms with E-state index in [0.29, 0.717) is 6.42 Å². The molecule has 0 saturated carbocycles. The first-order valence-electron chi connectivity index (χ1n) is 24.3. The molecule has 4 N–H and O–H groups in total. The molecule has 2 unspecified atom stereocenters. The number of aliphatic hydroxyl groups excluding tert-OH is 4. The van der Waals surface area contributed by atoms with Gasteiger partial charge in [0.05, 0.1) is 13.2 Å². The number of rotatable bonds is 41. The third kappa shape index (κ3) is 30.5. The smallest absolute Gasteiger partial charge is 0.306 e. The van der Waals surface area contributed by atoms with Crippen LogP contribution >= 0.6 is 0 Å². The van der Waals surface area contributed by atoms with Gasteiger partial charge in [-0.05, 0) is 32.1 Å². The van der Waals surface area contributed by atoms with Gasteiger partial charge in [0.2, 0.25) is 0 Å². The fourth-order valence-electron chi connectivity index (χ4n) is 7.52. The predicted octanol–water partition coefficient (Wildman–Crippen LogP) is 10.7. The van der Waals surface area contributed by atoms with Crippen molar-refractivity contribution in [1.82, 2.24) is 0 Å². The molecule has 0 spiro atoms. The molecule has 0 aromatic heterocycles. The average molecular weight is 827 g/mol. The number of hydrogen-bond acceptors (Lipinski definition) is 10. The van der Waals surface area contributed by atoms with Crippen LogP contribution in [0.5, 0.6) is 0 Å². The molecule has 58 heavy (non-hydrogen) atoms. The Morgan fingerprint density at radius 1 is 0.517 bits per heavy atom. The molecule has 1 heterocycles. The van der Waals surface area contributed by atoms with Crippen molar-refractivity contribution in [2.45, 2.75) is 263 Å². The monoisotopic (exact) mass is 827 g/mol. The second kappa shape index (κ2) is 39.6. The third-order valence-corrected chi connectivity index (χ3v) is 11.4. The van der Waals surface area contributed by atoms with E-state index in [4.69, 9.17) is 18.9 Å². The van der Waals surface area contributed by atoms with Crippen LogP contribution in [0.1, 0.15) is 226 Å². The highest BCUT2D eigenvalue weighted by Gasteiger charge is 2.44. The molecule has 1 aliphatic rings. The molecular weight excluding hydrogens is 737 g/mol. The molecule has 0 aromatic carbocycles. The summed E-state index contributed by atoms with van der Waals surface area (Å²) in [6, 6.07) is 0. The highest BCUT2D eigenvalue weighted by atomic mass is 16.7. The van der Waals surface area contributed by atoms with Crippen LogP contribution in [0.15, 0.2) is 12.2 Å². The van der Waals surface area contributed by atoms with Crippen molar-refractivity contribution in [3.63, 3.8) is 0 Å². The third-order valence-electron chi connectivity index (χ3n) is 11.4. The number of allylic oxidation sites excluding steroid dienone is 2. The van der Waals surface area contributed by atoms with Gasteiger partial charge in [-0.25, -0.2) is 0 Å². The standard InChI is InChI=1S/C48H90O10/c1-3-5-7-9-11-13-15-16-17-18-19-20-21-22-23-24-25-27-28-30-32-34-36-43(50)55-39-41(40-56-48-47(54)46(53)45(52)42(38-49)58-48)57-44(51)37-35-33-31-29-26-14-12-10-8-6-4-2/h10,12,41-42,45-49,52-54H,3-9,11,13-40H2,1-2H3/b12-10+/t41-,42-,45+,46?,47?,48-/m0/s1. The summed E-state index contributed by atoms with van der Waals surface area (Å²) in [5.41, 5.74) is 0. The maximum Gasteiger partial charge on any atom is 0.306 e. The minimum Gasteiger partial charge on any atom is -0.462 e. The van der Waals surface area contributed by atoms with Gasteiger partial charge in [0.1, 0.15) is 31.0 Å². The van der Waals surface area contributed by atoms with Gasteiger partial charge in [-0.1, -0.05) is 193 Å². The highest BCUT2D eigenvalue weighted by Crippen LogP contribution is 2.23. The zero-order valence-corrected chi connectivity index (χ0v) is 37.3. The van der Waals surface area contributed by atoms with E-state index in [-0.39, 0.29) is 32.0 Å². The zero-order valence-electron chi connectivity index (χ0n) is 37.3. The molecule has 342 valence electrons. The van der Waals surface area contributed by atoms with Gasteiger partial charge in [0.25, 0.3) is 0 Å². The lowest BCUT2D eigenvalue weighted by molar-refractivity contribution is -0.305. The van der Waals surface area contributed by atoms with E-state index in [0.717, 1.165) is 57.8 Å². The zero-order chi connectivity index (χ0) is 42.3. The number of hydrogen-bond donors (Lipinski definition) is 4. The number of unbranched alkanes of at least 4 members (excludes halogenated alkanes) is 28. The summed E-state index contributed by atoms with van der Waals surface area (Å²) >= 11 is 0. The topological polar surface area (TPSA) is 152 Å². The summed E-state index contributed by atoms with van der Waals surface area (Å²) in [4.78, 5) is 25.3. The summed E-state index contributed by atoms with van der Waals surface area (Å²) in [5.74, 6) is -0.806. The summed E-state index contributed by atoms with van der Waals surface area (Å²) in [7, 11) is 0. The molecule has 1 saturated heterocycles. The molecule has 0 aromatic rings. The fraction of sp³-hybridized carbons (Fsp3) is 0.917. The first-order chi connectivity index (χ1) is 28.3. The largest absolute Gasteiger partial charge is 0.462 e. The second-order valence-electron chi connectivity index (χ2n) is 16.9. The Bertz CT molecular complexity index is 959. The highest BCUT2D eigenvalue weighted by molar-refractivity contribution is 5.70. The maximum absolute atomic E-state index is 12.7. The Hall–Kier alpha value is -1.56. The van der Waals surface area contributed by atoms with Gasteiger partial charge in [-0.15, -0.1) is 0 Å². The molecule has 0 radical (unpaired) electrons. The fourth-order valence-corrected chi connectivity index (χ4v) is 7.52. The van der Waals surface area contributed by atoms with E-state index < -0.39 is 49.4 Å². The molecule has 1 aliphatic heterocycles. The van der Waals surface area contributed by atoms with Gasteiger partial charge >= 0.3 is 11.9 Å². The van der Waals surface area contributed by atoms with Crippen molar-refractivity contribution in [3.8, 4) is 0 Å². The molecule has 1 fully saturated rings. The predicted molar refractivity (Wildman–Crippen MR) is 233 cm³/mol. The first kappa shape index (κ1) is 54.5. The first-order valence-corrected chi connectivity index (χ1v) is 24.3. The van der Waals surface area contributed by atoms with Crippen LogP contribution in [-0.2, 0) is 28.5 Å². The molecule has 0 amide bonds. The van der Waals surface area contributed by atoms with Crippen LogP contribution < -0.4 is 0 Å². The Balaban J connectivity index is 2.21. The number of ether oxygens (including phenoxy) is 4. The van der Waals surface area contributed by atoms with Crippen molar-refractivity contribution in [3.05, 3.63) is 12.2 Å². The minimum atomic E-state index is -1.59. The van der Waals surface area contributed by atoms with E-state index >= 15 is 0 Å². The van der Waals surface area contributed by atoms with Gasteiger partial charge in [-0.2, -0.15) is 0 Å². The van der Waals surface area contributed by atoms with Crippen LogP contribution in [0.2, 0.25) is 0 Å². The molecule has 1 rings (SSSR count). The van der Waals surface area contributed by atoms with Crippen molar-refractivity contribution < 1.29 is 49.0 Å². The Labute approximate surface area is 354 Å². The lowest BCUT2D eigenvalue weighted by atomic mass is 9.99. The SMILES string of the molecule is CCCC/C=C/CCCCCCCC(=O)O[C@@H](COC(=O)CCCCCCCCCCCCCCCCCCCCCCCC)CO[C@H]1O[C@@H](CO)[C@@H](O)C(O)C1O. The summed E-state index contributed by atoms with van der Waals surface area (Å²) in [5, 5.41) is 40.1. The Kier molecular flexibility index (Phi) is 37.2. The number of aliphatic hydroxyl groups is 4. The van der Waals surface area contributed by atoms with Crippen molar-refractivity contribution >= 4 is 11.9 Å². The van der Waals surface area contributed by atoms with E-state index in [1.807, 2.05) is 0 Å². The van der Waals surface area contributed by atoms with Gasteiger partial charge < -0.3 is 39.4 Å². The van der Waals surface area contributed by atoms with Crippen LogP contribution in [-0.4, -0.2) is 89.0 Å². The number of esters is 2. The molecule has 6 atom stereocenters. The summed E-state index contributed by atoms with van der Waals surface area (Å²) in [6.07, 6.45) is 35.2. The van der Waals surface area contributed by atoms with Crippen molar-refractivity contribution in [2.75, 3.05) is 19.8 Å². The molecule has 10 heteroatoms. The Morgan fingerprint density at radius 2 is 0.931 bits per heavy atom. The quantitative estimate of drug-likeness (QED) is 0.0266. The van der Waals surface area contributed by atoms with Gasteiger partial charge in [0.15, 0.2) is 12.4 Å². The van der Waals surface area contributed by atoms with Crippen LogP contribution in [0.4, 0.5) is 0 Å². The van der Waals surface area contributed by atoms with Crippen LogP contribution in [0.3, 0.4) is 0 Å². The van der Waals surface area contributed by atoms with E-state index in [1.54, 1.807) is 0 Å². The van der Waals surface area contributed by atoms with E-state index in [2.05, 4.69) is 26.0 Å². The second-order valence-corrected chi connectivity index (χ2v) is 16.9. The van der Waals surface area contributed by atoms with Crippen LogP contribution in [0.25, 0.3) is 0 Å². The Morgan fingerprint density at radius 3 is 1.40 bits per heavy atom. The van der Waals surface area contributed by atoms with E-state index in [1.165, 1.54) is 135 Å². The van der Waals surface area contributed by atoms with Crippen molar-refractivity contribution in [2.24, 2.45) is 0 Å². The number of carbonyl (C=O) groups excluding carboxylic acids is 2. The van der Waals surface area contributed by atoms with Gasteiger partial charge in [0, 0.05) is 12.8 Å². The lowest BCUT2D eigenvalue weighted by Gasteiger charge is -2.39. The normalized spacial score (nSPS) is 20.1. The lowest BCUT2D eigenvalue weighted by Crippen LogP contribution is -2.59. The molecular formula is C48H90O10. The summed E-state index contributed by atoms with van der Waals surface area (Å²) in [6.45, 7) is 3.40. The van der Waals surface area contributed by atoms with Gasteiger partial charge in [-0.3, -0.25) is 9.59 Å². The molecule has 10 nitrogen and oxygen atoms in total. The summed E-state index contributed by atoms with van der Waals surface area (Å²) < 4.78 is 22.2.